The number of benzene rings is 2. The second-order valence-electron chi connectivity index (χ2n) is 7.39. The molecule has 2 atom stereocenters. The topological polar surface area (TPSA) is 75.5 Å². The molecule has 0 saturated heterocycles. The highest BCUT2D eigenvalue weighted by Gasteiger charge is 2.42. The van der Waals surface area contributed by atoms with E-state index in [9.17, 15) is 4.79 Å². The van der Waals surface area contributed by atoms with Crippen molar-refractivity contribution in [1.82, 2.24) is 14.8 Å². The van der Waals surface area contributed by atoms with Gasteiger partial charge in [-0.15, -0.1) is 11.6 Å². The van der Waals surface area contributed by atoms with Crippen molar-refractivity contribution in [3.05, 3.63) is 67.3 Å². The Hall–Kier alpha value is -3.06. The number of aromatic nitrogens is 3. The number of carbonyl (C=O) groups is 1. The van der Waals surface area contributed by atoms with E-state index in [0.717, 1.165) is 11.1 Å². The Bertz CT molecular complexity index is 931. The van der Waals surface area contributed by atoms with Crippen LogP contribution in [0, 0.1) is 5.41 Å². The molecule has 2 aromatic carbocycles. The average Bonchev–Trinajstić information content (AvgIpc) is 3.31. The largest absolute Gasteiger partial charge is 0.508 e. The third-order valence-corrected chi connectivity index (χ3v) is 5.37. The Balaban J connectivity index is 1.91. The van der Waals surface area contributed by atoms with Gasteiger partial charge in [-0.1, -0.05) is 56.3 Å². The molecule has 0 aliphatic heterocycles. The Morgan fingerprint density at radius 2 is 1.77 bits per heavy atom. The standard InChI is InChI=1S/C22H24ClN3O4/c1-22(2,13-23)19(30-21(27)28-3)20(26-15-24-14-25-26)29-18-11-9-17(10-12-18)16-7-5-4-6-8-16/h4-12,14-15,19-20H,13H2,1-3H3. The molecule has 0 radical (unpaired) electrons. The van der Waals surface area contributed by atoms with Crippen molar-refractivity contribution in [2.45, 2.75) is 26.2 Å². The molecule has 3 aromatic rings. The summed E-state index contributed by atoms with van der Waals surface area (Å²) in [6, 6.07) is 17.7. The summed E-state index contributed by atoms with van der Waals surface area (Å²) in [5.74, 6) is 0.801. The third kappa shape index (κ3) is 5.10. The maximum Gasteiger partial charge on any atom is 0.508 e. The molecule has 0 amide bonds. The van der Waals surface area contributed by atoms with Crippen LogP contribution in [0.2, 0.25) is 0 Å². The smallest absolute Gasteiger partial charge is 0.465 e. The summed E-state index contributed by atoms with van der Waals surface area (Å²) in [5.41, 5.74) is 1.52. The lowest BCUT2D eigenvalue weighted by molar-refractivity contribution is -0.0942. The first kappa shape index (κ1) is 21.6. The van der Waals surface area contributed by atoms with Gasteiger partial charge in [0, 0.05) is 11.3 Å². The molecular formula is C22H24ClN3O4. The number of hydrogen-bond acceptors (Lipinski definition) is 6. The SMILES string of the molecule is COC(=O)OC(C(Oc1ccc(-c2ccccc2)cc1)n1cncn1)C(C)(C)CCl. The minimum atomic E-state index is -0.827. The summed E-state index contributed by atoms with van der Waals surface area (Å²) in [6.07, 6.45) is 0.464. The van der Waals surface area contributed by atoms with Gasteiger partial charge < -0.3 is 14.2 Å². The lowest BCUT2D eigenvalue weighted by Crippen LogP contribution is -2.44. The minimum absolute atomic E-state index is 0.218. The molecule has 0 N–H and O–H groups in total. The van der Waals surface area contributed by atoms with Crippen molar-refractivity contribution in [3.8, 4) is 16.9 Å². The number of ether oxygens (including phenoxy) is 3. The van der Waals surface area contributed by atoms with Crippen molar-refractivity contribution < 1.29 is 19.0 Å². The van der Waals surface area contributed by atoms with E-state index in [4.69, 9.17) is 25.8 Å². The van der Waals surface area contributed by atoms with Gasteiger partial charge in [0.1, 0.15) is 18.4 Å². The number of rotatable bonds is 8. The van der Waals surface area contributed by atoms with Crippen LogP contribution in [0.15, 0.2) is 67.3 Å². The maximum atomic E-state index is 11.9. The number of alkyl halides is 1. The van der Waals surface area contributed by atoms with Crippen LogP contribution in [0.4, 0.5) is 4.79 Å². The van der Waals surface area contributed by atoms with Crippen molar-refractivity contribution in [2.75, 3.05) is 13.0 Å². The molecule has 0 aliphatic carbocycles. The average molecular weight is 430 g/mol. The first-order valence-corrected chi connectivity index (χ1v) is 9.95. The maximum absolute atomic E-state index is 11.9. The predicted octanol–water partition coefficient (Wildman–Crippen LogP) is 4.94. The molecule has 3 rings (SSSR count). The van der Waals surface area contributed by atoms with Gasteiger partial charge in [-0.3, -0.25) is 0 Å². The lowest BCUT2D eigenvalue weighted by Gasteiger charge is -2.36. The van der Waals surface area contributed by atoms with Gasteiger partial charge in [0.25, 0.3) is 0 Å². The highest BCUT2D eigenvalue weighted by atomic mass is 35.5. The number of methoxy groups -OCH3 is 1. The number of carbonyl (C=O) groups excluding carboxylic acids is 1. The molecule has 2 unspecified atom stereocenters. The van der Waals surface area contributed by atoms with Crippen molar-refractivity contribution in [2.24, 2.45) is 5.41 Å². The predicted molar refractivity (Wildman–Crippen MR) is 113 cm³/mol. The fourth-order valence-electron chi connectivity index (χ4n) is 2.93. The summed E-state index contributed by atoms with van der Waals surface area (Å²) in [7, 11) is 1.25. The van der Waals surface area contributed by atoms with Gasteiger partial charge in [0.2, 0.25) is 6.23 Å². The van der Waals surface area contributed by atoms with Gasteiger partial charge >= 0.3 is 6.16 Å². The summed E-state index contributed by atoms with van der Waals surface area (Å²) in [5, 5.41) is 4.19. The van der Waals surface area contributed by atoms with E-state index >= 15 is 0 Å². The first-order valence-electron chi connectivity index (χ1n) is 9.41. The van der Waals surface area contributed by atoms with Crippen LogP contribution in [0.1, 0.15) is 20.1 Å². The van der Waals surface area contributed by atoms with Crippen LogP contribution in [-0.2, 0) is 9.47 Å². The minimum Gasteiger partial charge on any atom is -0.465 e. The Morgan fingerprint density at radius 3 is 2.33 bits per heavy atom. The fraction of sp³-hybridized carbons (Fsp3) is 0.318. The zero-order valence-corrected chi connectivity index (χ0v) is 17.8. The summed E-state index contributed by atoms with van der Waals surface area (Å²) < 4.78 is 18.0. The molecule has 0 spiro atoms. The van der Waals surface area contributed by atoms with E-state index in [0.29, 0.717) is 5.75 Å². The van der Waals surface area contributed by atoms with Crippen molar-refractivity contribution in [1.29, 1.82) is 0 Å². The number of nitrogens with zero attached hydrogens (tertiary/aromatic N) is 3. The second-order valence-corrected chi connectivity index (χ2v) is 7.66. The highest BCUT2D eigenvalue weighted by Crippen LogP contribution is 2.35. The molecule has 0 fully saturated rings. The molecular weight excluding hydrogens is 406 g/mol. The van der Waals surface area contributed by atoms with Gasteiger partial charge in [0.15, 0.2) is 6.10 Å². The van der Waals surface area contributed by atoms with Gasteiger partial charge in [-0.25, -0.2) is 14.5 Å². The molecule has 8 heteroatoms. The van der Waals surface area contributed by atoms with Gasteiger partial charge in [-0.2, -0.15) is 5.10 Å². The van der Waals surface area contributed by atoms with Crippen LogP contribution >= 0.6 is 11.6 Å². The molecule has 0 saturated carbocycles. The molecule has 1 heterocycles. The van der Waals surface area contributed by atoms with Crippen LogP contribution in [0.5, 0.6) is 5.75 Å². The second kappa shape index (κ2) is 9.63. The van der Waals surface area contributed by atoms with Crippen molar-refractivity contribution in [3.63, 3.8) is 0 Å². The molecule has 0 bridgehead atoms. The van der Waals surface area contributed by atoms with Crippen LogP contribution < -0.4 is 4.74 Å². The van der Waals surface area contributed by atoms with E-state index < -0.39 is 23.9 Å². The first-order chi connectivity index (χ1) is 14.4. The molecule has 0 aliphatic rings. The monoisotopic (exact) mass is 429 g/mol. The summed E-state index contributed by atoms with van der Waals surface area (Å²) >= 11 is 6.18. The zero-order valence-electron chi connectivity index (χ0n) is 17.1. The quantitative estimate of drug-likeness (QED) is 0.373. The van der Waals surface area contributed by atoms with Crippen molar-refractivity contribution >= 4 is 17.8 Å². The lowest BCUT2D eigenvalue weighted by atomic mass is 9.87. The van der Waals surface area contributed by atoms with Crippen LogP contribution in [0.3, 0.4) is 0 Å². The molecule has 30 heavy (non-hydrogen) atoms. The van der Waals surface area contributed by atoms with E-state index in [-0.39, 0.29) is 5.88 Å². The Morgan fingerprint density at radius 1 is 1.10 bits per heavy atom. The Labute approximate surface area is 180 Å². The molecule has 158 valence electrons. The summed E-state index contributed by atoms with van der Waals surface area (Å²) in [6.45, 7) is 3.75. The van der Waals surface area contributed by atoms with Gasteiger partial charge in [-0.05, 0) is 23.3 Å². The molecule has 7 nitrogen and oxygen atoms in total. The molecule has 1 aromatic heterocycles. The van der Waals surface area contributed by atoms with Gasteiger partial charge in [0.05, 0.1) is 7.11 Å². The Kier molecular flexibility index (Phi) is 6.95. The van der Waals surface area contributed by atoms with Crippen LogP contribution in [-0.4, -0.2) is 40.0 Å². The number of hydrogen-bond donors (Lipinski definition) is 0. The summed E-state index contributed by atoms with van der Waals surface area (Å²) in [4.78, 5) is 15.9. The van der Waals surface area contributed by atoms with E-state index in [1.54, 1.807) is 0 Å². The highest BCUT2D eigenvalue weighted by molar-refractivity contribution is 6.18. The fourth-order valence-corrected chi connectivity index (χ4v) is 3.08. The normalized spacial score (nSPS) is 13.3. The van der Waals surface area contributed by atoms with Crippen LogP contribution in [0.25, 0.3) is 11.1 Å². The number of halogens is 1. The van der Waals surface area contributed by atoms with E-state index in [1.807, 2.05) is 68.4 Å². The zero-order chi connectivity index (χ0) is 21.6. The van der Waals surface area contributed by atoms with E-state index in [1.165, 1.54) is 24.4 Å². The third-order valence-electron chi connectivity index (χ3n) is 4.68. The van der Waals surface area contributed by atoms with E-state index in [2.05, 4.69) is 10.1 Å².